The highest BCUT2D eigenvalue weighted by molar-refractivity contribution is 8.00. The van der Waals surface area contributed by atoms with Crippen LogP contribution in [0.3, 0.4) is 0 Å². The van der Waals surface area contributed by atoms with Gasteiger partial charge in [0, 0.05) is 31.1 Å². The highest BCUT2D eigenvalue weighted by Gasteiger charge is 2.15. The molecule has 1 saturated heterocycles. The Kier molecular flexibility index (Phi) is 5.54. The number of piperazine rings is 1. The number of nitrogens with one attached hydrogen (secondary N) is 1. The van der Waals surface area contributed by atoms with Crippen molar-refractivity contribution in [3.63, 3.8) is 0 Å². The van der Waals surface area contributed by atoms with Crippen molar-refractivity contribution in [1.82, 2.24) is 10.2 Å². The highest BCUT2D eigenvalue weighted by atomic mass is 32.2. The number of carbonyl (C=O) groups excluding carboxylic acids is 1. The number of carbonyl (C=O) groups is 1. The van der Waals surface area contributed by atoms with Crippen LogP contribution in [0.5, 0.6) is 5.75 Å². The van der Waals surface area contributed by atoms with Crippen molar-refractivity contribution in [2.45, 2.75) is 11.8 Å². The molecule has 0 spiro atoms. The third-order valence-electron chi connectivity index (χ3n) is 2.97. The van der Waals surface area contributed by atoms with E-state index in [0.29, 0.717) is 12.4 Å². The predicted octanol–water partition coefficient (Wildman–Crippen LogP) is 1.61. The summed E-state index contributed by atoms with van der Waals surface area (Å²) in [6.07, 6.45) is 0. The summed E-state index contributed by atoms with van der Waals surface area (Å²) in [5, 5.41) is 3.25. The van der Waals surface area contributed by atoms with Crippen LogP contribution in [0.25, 0.3) is 0 Å². The van der Waals surface area contributed by atoms with Gasteiger partial charge in [-0.3, -0.25) is 4.79 Å². The van der Waals surface area contributed by atoms with Gasteiger partial charge in [0.1, 0.15) is 5.75 Å². The van der Waals surface area contributed by atoms with E-state index in [1.807, 2.05) is 36.1 Å². The van der Waals surface area contributed by atoms with Gasteiger partial charge in [0.15, 0.2) is 0 Å². The van der Waals surface area contributed by atoms with Crippen LogP contribution in [0.4, 0.5) is 0 Å². The number of hydrogen-bond donors (Lipinski definition) is 1. The lowest BCUT2D eigenvalue weighted by atomic mass is 10.3. The van der Waals surface area contributed by atoms with Crippen molar-refractivity contribution in [2.75, 3.05) is 38.5 Å². The van der Waals surface area contributed by atoms with E-state index in [-0.39, 0.29) is 5.91 Å². The quantitative estimate of drug-likeness (QED) is 0.832. The summed E-state index contributed by atoms with van der Waals surface area (Å²) in [4.78, 5) is 15.0. The van der Waals surface area contributed by atoms with Crippen molar-refractivity contribution in [3.8, 4) is 5.75 Å². The minimum absolute atomic E-state index is 0.223. The van der Waals surface area contributed by atoms with Crippen LogP contribution in [0.15, 0.2) is 29.2 Å². The van der Waals surface area contributed by atoms with Crippen LogP contribution in [-0.4, -0.2) is 49.3 Å². The fourth-order valence-corrected chi connectivity index (χ4v) is 2.75. The van der Waals surface area contributed by atoms with E-state index < -0.39 is 0 Å². The first-order chi connectivity index (χ1) is 9.29. The van der Waals surface area contributed by atoms with Gasteiger partial charge in [0.2, 0.25) is 5.91 Å². The second-order valence-corrected chi connectivity index (χ2v) is 5.37. The zero-order valence-corrected chi connectivity index (χ0v) is 12.0. The van der Waals surface area contributed by atoms with Crippen LogP contribution in [-0.2, 0) is 4.79 Å². The van der Waals surface area contributed by atoms with Gasteiger partial charge in [-0.15, -0.1) is 11.8 Å². The second-order valence-electron chi connectivity index (χ2n) is 4.32. The molecule has 5 heteroatoms. The van der Waals surface area contributed by atoms with E-state index in [1.165, 1.54) is 0 Å². The molecular weight excluding hydrogens is 260 g/mol. The van der Waals surface area contributed by atoms with Crippen LogP contribution in [0, 0.1) is 0 Å². The van der Waals surface area contributed by atoms with Crippen LogP contribution < -0.4 is 10.1 Å². The largest absolute Gasteiger partial charge is 0.494 e. The van der Waals surface area contributed by atoms with Gasteiger partial charge >= 0.3 is 0 Å². The van der Waals surface area contributed by atoms with Gasteiger partial charge in [-0.05, 0) is 31.2 Å². The maximum Gasteiger partial charge on any atom is 0.233 e. The molecule has 1 aliphatic heterocycles. The van der Waals surface area contributed by atoms with Crippen molar-refractivity contribution in [3.05, 3.63) is 24.3 Å². The molecule has 2 rings (SSSR count). The van der Waals surface area contributed by atoms with Crippen LogP contribution in [0.2, 0.25) is 0 Å². The lowest BCUT2D eigenvalue weighted by molar-refractivity contribution is -0.128. The van der Waals surface area contributed by atoms with Gasteiger partial charge in [-0.25, -0.2) is 0 Å². The highest BCUT2D eigenvalue weighted by Crippen LogP contribution is 2.21. The van der Waals surface area contributed by atoms with E-state index in [0.717, 1.165) is 36.8 Å². The SMILES string of the molecule is CCOc1ccc(SCC(=O)N2CCNCC2)cc1. The molecule has 4 nitrogen and oxygen atoms in total. The molecule has 0 aliphatic carbocycles. The average Bonchev–Trinajstić information content (AvgIpc) is 2.47. The molecular formula is C14H20N2O2S. The molecule has 0 bridgehead atoms. The summed E-state index contributed by atoms with van der Waals surface area (Å²) >= 11 is 1.58. The Bertz CT molecular complexity index is 402. The van der Waals surface area contributed by atoms with E-state index in [2.05, 4.69) is 5.32 Å². The van der Waals surface area contributed by atoms with Crippen molar-refractivity contribution in [2.24, 2.45) is 0 Å². The molecule has 104 valence electrons. The number of amides is 1. The molecule has 0 atom stereocenters. The Hall–Kier alpha value is -1.20. The summed E-state index contributed by atoms with van der Waals surface area (Å²) < 4.78 is 5.39. The number of benzene rings is 1. The predicted molar refractivity (Wildman–Crippen MR) is 77.8 cm³/mol. The summed E-state index contributed by atoms with van der Waals surface area (Å²) in [7, 11) is 0. The van der Waals surface area contributed by atoms with Gasteiger partial charge in [0.25, 0.3) is 0 Å². The standard InChI is InChI=1S/C14H20N2O2S/c1-2-18-12-3-5-13(6-4-12)19-11-14(17)16-9-7-15-8-10-16/h3-6,15H,2,7-11H2,1H3. The number of nitrogens with zero attached hydrogens (tertiary/aromatic N) is 1. The first-order valence-corrected chi connectivity index (χ1v) is 7.62. The summed E-state index contributed by atoms with van der Waals surface area (Å²) in [6, 6.07) is 7.89. The smallest absolute Gasteiger partial charge is 0.233 e. The first-order valence-electron chi connectivity index (χ1n) is 6.63. The van der Waals surface area contributed by atoms with Gasteiger partial charge in [-0.1, -0.05) is 0 Å². The topological polar surface area (TPSA) is 41.6 Å². The fourth-order valence-electron chi connectivity index (χ4n) is 1.95. The van der Waals surface area contributed by atoms with E-state index in [4.69, 9.17) is 4.74 Å². The monoisotopic (exact) mass is 280 g/mol. The van der Waals surface area contributed by atoms with Gasteiger partial charge < -0.3 is 15.0 Å². The lowest BCUT2D eigenvalue weighted by Gasteiger charge is -2.27. The molecule has 1 aromatic carbocycles. The first kappa shape index (κ1) is 14.2. The molecule has 1 fully saturated rings. The molecule has 1 amide bonds. The maximum atomic E-state index is 12.0. The zero-order valence-electron chi connectivity index (χ0n) is 11.2. The Morgan fingerprint density at radius 2 is 2.00 bits per heavy atom. The van der Waals surface area contributed by atoms with E-state index >= 15 is 0 Å². The molecule has 1 aliphatic rings. The minimum atomic E-state index is 0.223. The third-order valence-corrected chi connectivity index (χ3v) is 3.96. The van der Waals surface area contributed by atoms with Crippen LogP contribution >= 0.6 is 11.8 Å². The Labute approximate surface area is 118 Å². The molecule has 0 unspecified atom stereocenters. The molecule has 1 heterocycles. The molecule has 1 aromatic rings. The number of thioether (sulfide) groups is 1. The van der Waals surface area contributed by atoms with Crippen molar-refractivity contribution >= 4 is 17.7 Å². The molecule has 19 heavy (non-hydrogen) atoms. The Morgan fingerprint density at radius 3 is 2.63 bits per heavy atom. The molecule has 0 aromatic heterocycles. The number of hydrogen-bond acceptors (Lipinski definition) is 4. The normalized spacial score (nSPS) is 15.3. The van der Waals surface area contributed by atoms with Gasteiger partial charge in [0.05, 0.1) is 12.4 Å². The van der Waals surface area contributed by atoms with E-state index in [9.17, 15) is 4.79 Å². The molecule has 1 N–H and O–H groups in total. The summed E-state index contributed by atoms with van der Waals surface area (Å²) in [6.45, 7) is 6.09. The lowest BCUT2D eigenvalue weighted by Crippen LogP contribution is -2.47. The summed E-state index contributed by atoms with van der Waals surface area (Å²) in [5.74, 6) is 1.61. The number of rotatable bonds is 5. The Balaban J connectivity index is 1.79. The van der Waals surface area contributed by atoms with E-state index in [1.54, 1.807) is 11.8 Å². The Morgan fingerprint density at radius 1 is 1.32 bits per heavy atom. The minimum Gasteiger partial charge on any atom is -0.494 e. The van der Waals surface area contributed by atoms with Crippen molar-refractivity contribution < 1.29 is 9.53 Å². The molecule has 0 radical (unpaired) electrons. The second kappa shape index (κ2) is 7.40. The zero-order chi connectivity index (χ0) is 13.5. The van der Waals surface area contributed by atoms with Crippen molar-refractivity contribution in [1.29, 1.82) is 0 Å². The average molecular weight is 280 g/mol. The fraction of sp³-hybridized carbons (Fsp3) is 0.500. The molecule has 0 saturated carbocycles. The third kappa shape index (κ3) is 4.44. The summed E-state index contributed by atoms with van der Waals surface area (Å²) in [5.41, 5.74) is 0. The maximum absolute atomic E-state index is 12.0. The van der Waals surface area contributed by atoms with Gasteiger partial charge in [-0.2, -0.15) is 0 Å². The van der Waals surface area contributed by atoms with Crippen LogP contribution in [0.1, 0.15) is 6.92 Å². The number of ether oxygens (including phenoxy) is 1.